The molecule has 14 heteroatoms. The molecule has 1 aromatic carbocycles. The van der Waals surface area contributed by atoms with Crippen LogP contribution < -0.4 is 11.2 Å². The monoisotopic (exact) mass is 534 g/mol. The summed E-state index contributed by atoms with van der Waals surface area (Å²) >= 11 is 6.02. The molecule has 192 valence electrons. The standard InChI is InChI=1S/C21H25ClFN2O9P/c1-13(26)33-19(21(2,23)25-9-7-18(27)24-20(25)28)17(30-3)12-32-35(29)31-10-8-16(34-35)14-5-4-6-15(22)11-14/h4-7,9,11,16-17,19H,8,10,12H2,1-3H3,(H,24,27,28)/t16-,17+,19+,21-,35?/m0/s1. The van der Waals surface area contributed by atoms with E-state index in [0.717, 1.165) is 26.1 Å². The Bertz CT molecular complexity index is 1220. The first kappa shape index (κ1) is 27.3. The third-order valence-corrected chi connectivity index (χ3v) is 6.96. The molecular weight excluding hydrogens is 510 g/mol. The van der Waals surface area contributed by atoms with Gasteiger partial charge in [0.25, 0.3) is 5.56 Å². The summed E-state index contributed by atoms with van der Waals surface area (Å²) in [5, 5.41) is 0.469. The van der Waals surface area contributed by atoms with Crippen LogP contribution in [0.5, 0.6) is 0 Å². The molecule has 0 amide bonds. The number of halogens is 2. The molecule has 0 radical (unpaired) electrons. The van der Waals surface area contributed by atoms with Crippen LogP contribution in [0.4, 0.5) is 4.39 Å². The molecule has 1 fully saturated rings. The highest BCUT2D eigenvalue weighted by atomic mass is 35.5. The molecule has 35 heavy (non-hydrogen) atoms. The lowest BCUT2D eigenvalue weighted by Crippen LogP contribution is -2.54. The highest BCUT2D eigenvalue weighted by molar-refractivity contribution is 7.48. The number of alkyl halides is 1. The van der Waals surface area contributed by atoms with Gasteiger partial charge in [-0.05, 0) is 24.6 Å². The summed E-state index contributed by atoms with van der Waals surface area (Å²) in [6.45, 7) is 1.45. The van der Waals surface area contributed by atoms with Crippen molar-refractivity contribution in [3.05, 3.63) is 68.0 Å². The van der Waals surface area contributed by atoms with Gasteiger partial charge in [0, 0.05) is 37.7 Å². The number of phosphoric acid groups is 1. The maximum atomic E-state index is 15.9. The molecule has 1 aliphatic rings. The molecule has 0 aliphatic carbocycles. The van der Waals surface area contributed by atoms with Gasteiger partial charge in [0.05, 0.1) is 19.3 Å². The van der Waals surface area contributed by atoms with E-state index in [9.17, 15) is 18.9 Å². The van der Waals surface area contributed by atoms with Gasteiger partial charge in [-0.25, -0.2) is 13.8 Å². The molecule has 1 unspecified atom stereocenters. The quantitative estimate of drug-likeness (QED) is 0.380. The smallest absolute Gasteiger partial charge is 0.454 e. The van der Waals surface area contributed by atoms with Gasteiger partial charge in [-0.15, -0.1) is 0 Å². The lowest BCUT2D eigenvalue weighted by atomic mass is 10.0. The fraction of sp³-hybridized carbons (Fsp3) is 0.476. The number of methoxy groups -OCH3 is 1. The summed E-state index contributed by atoms with van der Waals surface area (Å²) in [7, 11) is -2.95. The van der Waals surface area contributed by atoms with Crippen molar-refractivity contribution in [2.45, 2.75) is 44.4 Å². The number of aromatic nitrogens is 2. The van der Waals surface area contributed by atoms with E-state index in [0.29, 0.717) is 21.6 Å². The Labute approximate surface area is 204 Å². The van der Waals surface area contributed by atoms with Crippen LogP contribution in [0.2, 0.25) is 5.02 Å². The number of phosphoric ester groups is 1. The van der Waals surface area contributed by atoms with Gasteiger partial charge in [-0.1, -0.05) is 23.7 Å². The maximum absolute atomic E-state index is 15.9. The van der Waals surface area contributed by atoms with Crippen molar-refractivity contribution in [1.29, 1.82) is 0 Å². The maximum Gasteiger partial charge on any atom is 0.475 e. The average Bonchev–Trinajstić information content (AvgIpc) is 2.78. The summed E-state index contributed by atoms with van der Waals surface area (Å²) in [6.07, 6.45) is -2.46. The second kappa shape index (κ2) is 11.2. The highest BCUT2D eigenvalue weighted by Crippen LogP contribution is 2.57. The lowest BCUT2D eigenvalue weighted by Gasteiger charge is -2.36. The zero-order valence-electron chi connectivity index (χ0n) is 19.1. The first-order valence-electron chi connectivity index (χ1n) is 10.5. The number of hydrogen-bond donors (Lipinski definition) is 1. The van der Waals surface area contributed by atoms with E-state index >= 15 is 4.39 Å². The number of esters is 1. The van der Waals surface area contributed by atoms with E-state index in [1.807, 2.05) is 4.98 Å². The highest BCUT2D eigenvalue weighted by Gasteiger charge is 2.47. The van der Waals surface area contributed by atoms with Crippen LogP contribution in [0.3, 0.4) is 0 Å². The third kappa shape index (κ3) is 6.66. The molecule has 2 heterocycles. The Morgan fingerprint density at radius 3 is 2.77 bits per heavy atom. The van der Waals surface area contributed by atoms with Crippen molar-refractivity contribution in [1.82, 2.24) is 9.55 Å². The number of benzene rings is 1. The van der Waals surface area contributed by atoms with Gasteiger partial charge < -0.3 is 9.47 Å². The molecule has 1 aromatic heterocycles. The summed E-state index contributed by atoms with van der Waals surface area (Å²) in [5.74, 6) is -3.58. The van der Waals surface area contributed by atoms with Crippen molar-refractivity contribution in [2.24, 2.45) is 0 Å². The van der Waals surface area contributed by atoms with E-state index in [1.165, 1.54) is 7.11 Å². The van der Waals surface area contributed by atoms with Crippen LogP contribution >= 0.6 is 19.4 Å². The first-order chi connectivity index (χ1) is 16.4. The van der Waals surface area contributed by atoms with Crippen molar-refractivity contribution in [3.8, 4) is 0 Å². The SMILES string of the molecule is CO[C@H](COP1(=O)OCC[C@@H](c2cccc(Cl)c2)O1)[C@@H](OC(C)=O)[C@@](C)(F)n1ccc(=O)[nH]c1=O. The van der Waals surface area contributed by atoms with E-state index < -0.39 is 55.8 Å². The van der Waals surface area contributed by atoms with Gasteiger partial charge in [0.1, 0.15) is 6.10 Å². The van der Waals surface area contributed by atoms with Crippen LogP contribution in [0.15, 0.2) is 46.1 Å². The van der Waals surface area contributed by atoms with Crippen LogP contribution in [0.25, 0.3) is 0 Å². The molecular formula is C21H25ClFN2O9P. The summed E-state index contributed by atoms with van der Waals surface area (Å²) in [4.78, 5) is 37.3. The number of ether oxygens (including phenoxy) is 2. The van der Waals surface area contributed by atoms with Crippen molar-refractivity contribution in [2.75, 3.05) is 20.3 Å². The minimum atomic E-state index is -4.13. The molecule has 5 atom stereocenters. The van der Waals surface area contributed by atoms with E-state index in [2.05, 4.69) is 0 Å². The van der Waals surface area contributed by atoms with Crippen molar-refractivity contribution in [3.63, 3.8) is 0 Å². The van der Waals surface area contributed by atoms with Gasteiger partial charge in [-0.3, -0.25) is 32.7 Å². The van der Waals surface area contributed by atoms with Gasteiger partial charge in [-0.2, -0.15) is 0 Å². The molecule has 1 saturated heterocycles. The Balaban J connectivity index is 1.81. The van der Waals surface area contributed by atoms with Crippen molar-refractivity contribution >= 4 is 25.4 Å². The Kier molecular flexibility index (Phi) is 8.68. The fourth-order valence-corrected chi connectivity index (χ4v) is 5.15. The predicted molar refractivity (Wildman–Crippen MR) is 122 cm³/mol. The number of nitrogens with one attached hydrogen (secondary N) is 1. The second-order valence-electron chi connectivity index (χ2n) is 7.82. The number of hydrogen-bond acceptors (Lipinski definition) is 9. The lowest BCUT2D eigenvalue weighted by molar-refractivity contribution is -0.184. The molecule has 0 spiro atoms. The number of rotatable bonds is 9. The molecule has 0 bridgehead atoms. The fourth-order valence-electron chi connectivity index (χ4n) is 3.56. The molecule has 2 aromatic rings. The van der Waals surface area contributed by atoms with E-state index in [-0.39, 0.29) is 6.61 Å². The number of carbonyl (C=O) groups excluding carboxylic acids is 1. The number of aromatic amines is 1. The van der Waals surface area contributed by atoms with Crippen LogP contribution in [0, 0.1) is 0 Å². The first-order valence-corrected chi connectivity index (χ1v) is 12.3. The summed E-state index contributed by atoms with van der Waals surface area (Å²) in [5.41, 5.74) is -1.15. The molecule has 11 nitrogen and oxygen atoms in total. The van der Waals surface area contributed by atoms with Gasteiger partial charge in [0.15, 0.2) is 6.10 Å². The minimum absolute atomic E-state index is 0.0487. The summed E-state index contributed by atoms with van der Waals surface area (Å²) < 4.78 is 56.2. The minimum Gasteiger partial charge on any atom is -0.454 e. The average molecular weight is 535 g/mol. The molecule has 3 rings (SSSR count). The molecule has 0 saturated carbocycles. The molecule has 1 aliphatic heterocycles. The largest absolute Gasteiger partial charge is 0.475 e. The predicted octanol–water partition coefficient (Wildman–Crippen LogP) is 3.08. The Morgan fingerprint density at radius 2 is 2.14 bits per heavy atom. The van der Waals surface area contributed by atoms with Crippen molar-refractivity contribution < 1.29 is 36.8 Å². The van der Waals surface area contributed by atoms with E-state index in [4.69, 9.17) is 34.6 Å². The Hall–Kier alpha value is -2.34. The second-order valence-corrected chi connectivity index (χ2v) is 9.88. The number of nitrogens with zero attached hydrogens (tertiary/aromatic N) is 1. The zero-order valence-corrected chi connectivity index (χ0v) is 20.8. The Morgan fingerprint density at radius 1 is 1.40 bits per heavy atom. The topological polar surface area (TPSA) is 135 Å². The van der Waals surface area contributed by atoms with E-state index in [1.54, 1.807) is 24.3 Å². The summed E-state index contributed by atoms with van der Waals surface area (Å²) in [6, 6.07) is 7.73. The third-order valence-electron chi connectivity index (χ3n) is 5.25. The number of H-pyrrole nitrogens is 1. The number of carbonyl (C=O) groups is 1. The van der Waals surface area contributed by atoms with Gasteiger partial charge in [0.2, 0.25) is 5.79 Å². The normalized spacial score (nSPS) is 23.7. The van der Waals surface area contributed by atoms with Crippen LogP contribution in [-0.2, 0) is 38.2 Å². The molecule has 1 N–H and O–H groups in total. The van der Waals surface area contributed by atoms with Gasteiger partial charge >= 0.3 is 19.5 Å². The van der Waals surface area contributed by atoms with Crippen LogP contribution in [-0.4, -0.2) is 48.1 Å². The zero-order chi connectivity index (χ0) is 25.8. The van der Waals surface area contributed by atoms with Crippen LogP contribution in [0.1, 0.15) is 31.9 Å².